The minimum Gasteiger partial charge on any atom is -0.380 e. The fourth-order valence-corrected chi connectivity index (χ4v) is 2.69. The van der Waals surface area contributed by atoms with Crippen LogP contribution in [0.4, 0.5) is 11.5 Å². The van der Waals surface area contributed by atoms with Crippen molar-refractivity contribution in [3.05, 3.63) is 72.7 Å². The monoisotopic (exact) mass is 331 g/mol. The Kier molecular flexibility index (Phi) is 4.10. The van der Waals surface area contributed by atoms with Crippen LogP contribution in [-0.2, 0) is 11.3 Å². The molecule has 3 heterocycles. The molecule has 4 aromatic rings. The summed E-state index contributed by atoms with van der Waals surface area (Å²) in [6, 6.07) is 15.9. The van der Waals surface area contributed by atoms with E-state index in [1.165, 1.54) is 0 Å². The first-order chi connectivity index (χ1) is 12.3. The molecule has 0 amide bonds. The lowest BCUT2D eigenvalue weighted by Gasteiger charge is -2.11. The minimum atomic E-state index is 0.462. The van der Waals surface area contributed by atoms with Crippen molar-refractivity contribution in [1.29, 1.82) is 0 Å². The van der Waals surface area contributed by atoms with Crippen LogP contribution in [-0.4, -0.2) is 26.7 Å². The number of benzene rings is 1. The number of aromatic nitrogens is 4. The Morgan fingerprint density at radius 2 is 1.88 bits per heavy atom. The first-order valence-electron chi connectivity index (χ1n) is 7.94. The molecule has 0 unspecified atom stereocenters. The summed E-state index contributed by atoms with van der Waals surface area (Å²) >= 11 is 0. The van der Waals surface area contributed by atoms with Crippen molar-refractivity contribution >= 4 is 17.2 Å². The van der Waals surface area contributed by atoms with Crippen LogP contribution < -0.4 is 5.32 Å². The number of fused-ring (bicyclic) bond motifs is 1. The first kappa shape index (κ1) is 15.3. The molecule has 1 N–H and O–H groups in total. The van der Waals surface area contributed by atoms with Crippen LogP contribution in [0.2, 0.25) is 0 Å². The molecular formula is C19H17N5O. The average Bonchev–Trinajstić information content (AvgIpc) is 3.07. The second-order valence-electron chi connectivity index (χ2n) is 5.59. The van der Waals surface area contributed by atoms with Gasteiger partial charge in [0.25, 0.3) is 0 Å². The van der Waals surface area contributed by atoms with Crippen LogP contribution in [0.15, 0.2) is 67.1 Å². The summed E-state index contributed by atoms with van der Waals surface area (Å²) in [7, 11) is 1.67. The van der Waals surface area contributed by atoms with E-state index in [1.807, 2.05) is 48.5 Å². The van der Waals surface area contributed by atoms with Gasteiger partial charge in [-0.25, -0.2) is 4.98 Å². The third-order valence-electron chi connectivity index (χ3n) is 3.87. The van der Waals surface area contributed by atoms with Crippen molar-refractivity contribution in [1.82, 2.24) is 19.6 Å². The highest BCUT2D eigenvalue weighted by Crippen LogP contribution is 2.25. The maximum Gasteiger partial charge on any atom is 0.163 e. The number of hydrogen-bond acceptors (Lipinski definition) is 5. The van der Waals surface area contributed by atoms with Crippen molar-refractivity contribution in [3.63, 3.8) is 0 Å². The van der Waals surface area contributed by atoms with Gasteiger partial charge in [-0.2, -0.15) is 9.61 Å². The van der Waals surface area contributed by atoms with Gasteiger partial charge in [0, 0.05) is 42.4 Å². The van der Waals surface area contributed by atoms with Crippen LogP contribution >= 0.6 is 0 Å². The number of pyridine rings is 1. The number of anilines is 2. The summed E-state index contributed by atoms with van der Waals surface area (Å²) < 4.78 is 7.07. The molecule has 0 fully saturated rings. The minimum absolute atomic E-state index is 0.462. The predicted octanol–water partition coefficient (Wildman–Crippen LogP) is 3.68. The van der Waals surface area contributed by atoms with Crippen LogP contribution in [0.25, 0.3) is 16.9 Å². The second kappa shape index (κ2) is 6.70. The Morgan fingerprint density at radius 1 is 1.08 bits per heavy atom. The number of hydrogen-bond donors (Lipinski definition) is 1. The molecule has 0 saturated heterocycles. The second-order valence-corrected chi connectivity index (χ2v) is 5.59. The zero-order valence-electron chi connectivity index (χ0n) is 13.8. The molecule has 1 aromatic carbocycles. The fourth-order valence-electron chi connectivity index (χ4n) is 2.69. The van der Waals surface area contributed by atoms with Gasteiger partial charge in [-0.3, -0.25) is 4.98 Å². The van der Waals surface area contributed by atoms with Gasteiger partial charge >= 0.3 is 0 Å². The first-order valence-corrected chi connectivity index (χ1v) is 7.94. The third kappa shape index (κ3) is 3.07. The molecule has 6 nitrogen and oxygen atoms in total. The molecule has 6 heteroatoms. The van der Waals surface area contributed by atoms with Gasteiger partial charge in [0.1, 0.15) is 5.82 Å². The van der Waals surface area contributed by atoms with Crippen molar-refractivity contribution in [2.75, 3.05) is 12.4 Å². The quantitative estimate of drug-likeness (QED) is 0.604. The van der Waals surface area contributed by atoms with Crippen LogP contribution in [0, 0.1) is 0 Å². The summed E-state index contributed by atoms with van der Waals surface area (Å²) in [5.74, 6) is 0.831. The highest BCUT2D eigenvalue weighted by atomic mass is 16.5. The van der Waals surface area contributed by atoms with Crippen LogP contribution in [0.5, 0.6) is 0 Å². The topological polar surface area (TPSA) is 64.3 Å². The smallest absolute Gasteiger partial charge is 0.163 e. The molecule has 0 radical (unpaired) electrons. The number of nitrogens with zero attached hydrogens (tertiary/aromatic N) is 4. The number of nitrogens with one attached hydrogen (secondary N) is 1. The molecule has 0 atom stereocenters. The Morgan fingerprint density at radius 3 is 2.64 bits per heavy atom. The lowest BCUT2D eigenvalue weighted by atomic mass is 10.1. The maximum atomic E-state index is 5.28. The van der Waals surface area contributed by atoms with Crippen molar-refractivity contribution < 1.29 is 4.74 Å². The zero-order valence-corrected chi connectivity index (χ0v) is 13.8. The van der Waals surface area contributed by atoms with E-state index in [-0.39, 0.29) is 0 Å². The van der Waals surface area contributed by atoms with E-state index in [4.69, 9.17) is 9.72 Å². The standard InChI is InChI=1S/C19H17N5O/c1-25-13-15-12-21-24-18(22-16-7-9-20-10-8-16)11-17(23-19(15)24)14-5-3-2-4-6-14/h2-12H,13H2,1H3,(H,20,22). The molecule has 0 aliphatic rings. The molecule has 0 aliphatic carbocycles. The number of ether oxygens (including phenoxy) is 1. The lowest BCUT2D eigenvalue weighted by Crippen LogP contribution is -2.03. The molecule has 0 bridgehead atoms. The number of methoxy groups -OCH3 is 1. The van der Waals surface area contributed by atoms with E-state index in [0.29, 0.717) is 6.61 Å². The summed E-state index contributed by atoms with van der Waals surface area (Å²) in [4.78, 5) is 8.85. The van der Waals surface area contributed by atoms with Gasteiger partial charge in [0.15, 0.2) is 5.65 Å². The van der Waals surface area contributed by atoms with Gasteiger partial charge in [-0.05, 0) is 12.1 Å². The highest BCUT2D eigenvalue weighted by Gasteiger charge is 2.13. The van der Waals surface area contributed by atoms with Crippen molar-refractivity contribution in [2.45, 2.75) is 6.61 Å². The Bertz CT molecular complexity index is 983. The van der Waals surface area contributed by atoms with E-state index in [9.17, 15) is 0 Å². The summed E-state index contributed by atoms with van der Waals surface area (Å²) in [5, 5.41) is 7.86. The average molecular weight is 331 g/mol. The van der Waals surface area contributed by atoms with E-state index in [0.717, 1.165) is 34.0 Å². The van der Waals surface area contributed by atoms with Crippen molar-refractivity contribution in [3.8, 4) is 11.3 Å². The van der Waals surface area contributed by atoms with Gasteiger partial charge in [-0.15, -0.1) is 0 Å². The maximum absolute atomic E-state index is 5.28. The van der Waals surface area contributed by atoms with Gasteiger partial charge in [-0.1, -0.05) is 30.3 Å². The fraction of sp³-hybridized carbons (Fsp3) is 0.105. The van der Waals surface area contributed by atoms with Crippen LogP contribution in [0.3, 0.4) is 0 Å². The largest absolute Gasteiger partial charge is 0.380 e. The SMILES string of the molecule is COCc1cnn2c(Nc3ccncc3)cc(-c3ccccc3)nc12. The molecule has 3 aromatic heterocycles. The highest BCUT2D eigenvalue weighted by molar-refractivity contribution is 5.70. The lowest BCUT2D eigenvalue weighted by molar-refractivity contribution is 0.186. The van der Waals surface area contributed by atoms with Gasteiger partial charge in [0.2, 0.25) is 0 Å². The summed E-state index contributed by atoms with van der Waals surface area (Å²) in [6.45, 7) is 0.462. The van der Waals surface area contributed by atoms with E-state index < -0.39 is 0 Å². The van der Waals surface area contributed by atoms with E-state index >= 15 is 0 Å². The molecule has 4 rings (SSSR count). The van der Waals surface area contributed by atoms with Gasteiger partial charge in [0.05, 0.1) is 18.5 Å². The Balaban J connectivity index is 1.87. The predicted molar refractivity (Wildman–Crippen MR) is 96.7 cm³/mol. The molecule has 124 valence electrons. The third-order valence-corrected chi connectivity index (χ3v) is 3.87. The Hall–Kier alpha value is -3.25. The molecule has 25 heavy (non-hydrogen) atoms. The van der Waals surface area contributed by atoms with Crippen molar-refractivity contribution in [2.24, 2.45) is 0 Å². The summed E-state index contributed by atoms with van der Waals surface area (Å²) in [5.41, 5.74) is 4.58. The molecule has 0 aliphatic heterocycles. The van der Waals surface area contributed by atoms with E-state index in [2.05, 4.69) is 15.4 Å². The van der Waals surface area contributed by atoms with Gasteiger partial charge < -0.3 is 10.1 Å². The number of rotatable bonds is 5. The van der Waals surface area contributed by atoms with Crippen LogP contribution in [0.1, 0.15) is 5.56 Å². The normalized spacial score (nSPS) is 10.9. The molecule has 0 saturated carbocycles. The Labute approximate surface area is 145 Å². The molecular weight excluding hydrogens is 314 g/mol. The summed E-state index contributed by atoms with van der Waals surface area (Å²) in [6.07, 6.45) is 5.29. The zero-order chi connectivity index (χ0) is 17.1. The van der Waals surface area contributed by atoms with E-state index in [1.54, 1.807) is 30.2 Å². The molecule has 0 spiro atoms.